The zero-order valence-corrected chi connectivity index (χ0v) is 33.3. The smallest absolute Gasteiger partial charge is 0.336 e. The summed E-state index contributed by atoms with van der Waals surface area (Å²) in [6.07, 6.45) is 3.46. The molecule has 294 valence electrons. The number of aromatic nitrogens is 2. The molecule has 0 atom stereocenters. The number of aromatic carboxylic acids is 1. The quantitative estimate of drug-likeness (QED) is 0.103. The van der Waals surface area contributed by atoms with Crippen molar-refractivity contribution in [3.63, 3.8) is 0 Å². The monoisotopic (exact) mass is 820 g/mol. The molecule has 1 aliphatic carbocycles. The maximum atomic E-state index is 14.4. The normalized spacial score (nSPS) is 11.5. The van der Waals surface area contributed by atoms with E-state index in [4.69, 9.17) is 27.6 Å². The van der Waals surface area contributed by atoms with Gasteiger partial charge in [-0.3, -0.25) is 24.6 Å². The number of hydrogen-bond donors (Lipinski definition) is 2. The van der Waals surface area contributed by atoms with Gasteiger partial charge in [0.2, 0.25) is 5.43 Å². The number of rotatable bonds is 14. The third-order valence-corrected chi connectivity index (χ3v) is 10.8. The van der Waals surface area contributed by atoms with Crippen LogP contribution in [0, 0.1) is 0 Å². The van der Waals surface area contributed by atoms with Gasteiger partial charge in [0.1, 0.15) is 17.1 Å². The Morgan fingerprint density at radius 3 is 1.71 bits per heavy atom. The summed E-state index contributed by atoms with van der Waals surface area (Å²) in [7, 11) is 0. The first-order valence-electron chi connectivity index (χ1n) is 19.0. The Kier molecular flexibility index (Phi) is 11.8. The van der Waals surface area contributed by atoms with Gasteiger partial charge in [-0.15, -0.1) is 0 Å². The summed E-state index contributed by atoms with van der Waals surface area (Å²) in [5.41, 5.74) is 5.37. The van der Waals surface area contributed by atoms with Crippen molar-refractivity contribution in [1.82, 2.24) is 19.8 Å². The minimum absolute atomic E-state index is 0.0256. The summed E-state index contributed by atoms with van der Waals surface area (Å²) in [6, 6.07) is 41.0. The first-order chi connectivity index (χ1) is 28.7. The number of carboxylic acid groups (broad SMARTS) is 1. The Bertz CT molecular complexity index is 2690. The number of hydrogen-bond acceptors (Lipinski definition) is 8. The fraction of sp³-hybridized carbons (Fsp3) is 0.125. The van der Waals surface area contributed by atoms with Crippen LogP contribution in [0.2, 0.25) is 10.0 Å². The van der Waals surface area contributed by atoms with Crippen molar-refractivity contribution >= 4 is 40.1 Å². The lowest BCUT2D eigenvalue weighted by atomic mass is 9.88. The third-order valence-electron chi connectivity index (χ3n) is 10.2. The third kappa shape index (κ3) is 8.74. The number of fused-ring (bicyclic) bond motifs is 2. The van der Waals surface area contributed by atoms with Crippen LogP contribution in [0.3, 0.4) is 0 Å². The maximum absolute atomic E-state index is 14.4. The molecule has 11 heteroatoms. The van der Waals surface area contributed by atoms with E-state index in [0.29, 0.717) is 53.8 Å². The summed E-state index contributed by atoms with van der Waals surface area (Å²) < 4.78 is 6.94. The summed E-state index contributed by atoms with van der Waals surface area (Å²) in [4.78, 5) is 40.5. The van der Waals surface area contributed by atoms with Crippen LogP contribution in [-0.4, -0.2) is 36.0 Å². The number of phenols is 1. The zero-order chi connectivity index (χ0) is 40.9. The van der Waals surface area contributed by atoms with Crippen LogP contribution in [0.25, 0.3) is 33.4 Å². The van der Waals surface area contributed by atoms with Crippen molar-refractivity contribution in [1.29, 1.82) is 0 Å². The minimum atomic E-state index is -1.15. The first kappa shape index (κ1) is 39.5. The zero-order valence-electron chi connectivity index (χ0n) is 31.8. The minimum Gasteiger partial charge on any atom is -0.506 e. The number of pyridine rings is 2. The summed E-state index contributed by atoms with van der Waals surface area (Å²) >= 11 is 13.7. The molecule has 1 aliphatic heterocycles. The topological polar surface area (TPSA) is 120 Å². The first-order valence-corrected chi connectivity index (χ1v) is 19.8. The standard InChI is InChI=1S/C48H38Cl2N4O5/c49-41-23-37-43(35-19-7-8-20-36(35)48(57)58)38-24-42(50)45(56)40(30-54(26-32-15-5-2-6-16-32)28-34-18-10-12-22-52-34)47(38)59-46(37)39(44(41)55)29-53(25-31-13-3-1-4-14-31)27-33-17-9-11-21-51-33/h1-24,55H,25-30H2,(H,57,58). The Morgan fingerprint density at radius 1 is 0.610 bits per heavy atom. The molecule has 6 aromatic rings. The van der Waals surface area contributed by atoms with Gasteiger partial charge in [0.25, 0.3) is 0 Å². The van der Waals surface area contributed by atoms with Crippen molar-refractivity contribution in [3.05, 3.63) is 205 Å². The number of carboxylic acids is 1. The van der Waals surface area contributed by atoms with E-state index in [9.17, 15) is 19.8 Å². The average Bonchev–Trinajstić information content (AvgIpc) is 3.25. The molecule has 0 saturated carbocycles. The summed E-state index contributed by atoms with van der Waals surface area (Å²) in [6.45, 7) is 2.02. The molecule has 3 heterocycles. The lowest BCUT2D eigenvalue weighted by molar-refractivity contribution is 0.0697. The number of halogens is 2. The molecular formula is C48H38Cl2N4O5. The molecule has 0 bridgehead atoms. The molecule has 0 fully saturated rings. The van der Waals surface area contributed by atoms with Crippen molar-refractivity contribution in [2.24, 2.45) is 0 Å². The van der Waals surface area contributed by atoms with E-state index in [1.54, 1.807) is 36.7 Å². The Labute approximate surface area is 350 Å². The molecule has 8 rings (SSSR count). The van der Waals surface area contributed by atoms with Crippen LogP contribution in [0.15, 0.2) is 155 Å². The summed E-state index contributed by atoms with van der Waals surface area (Å²) in [5.74, 6) is -1.13. The molecule has 0 unspecified atom stereocenters. The van der Waals surface area contributed by atoms with E-state index < -0.39 is 11.4 Å². The van der Waals surface area contributed by atoms with E-state index in [1.165, 1.54) is 12.1 Å². The second kappa shape index (κ2) is 17.6. The van der Waals surface area contributed by atoms with Crippen LogP contribution >= 0.6 is 23.2 Å². The molecule has 2 aromatic heterocycles. The number of phenolic OH excluding ortho intramolecular Hbond substituents is 1. The molecule has 0 amide bonds. The van der Waals surface area contributed by atoms with Crippen LogP contribution in [0.4, 0.5) is 0 Å². The molecule has 0 saturated heterocycles. The lowest BCUT2D eigenvalue weighted by Crippen LogP contribution is -2.27. The maximum Gasteiger partial charge on any atom is 0.336 e. The van der Waals surface area contributed by atoms with Gasteiger partial charge < -0.3 is 14.6 Å². The summed E-state index contributed by atoms with van der Waals surface area (Å²) in [5, 5.41) is 22.8. The van der Waals surface area contributed by atoms with Crippen molar-refractivity contribution in [2.75, 3.05) is 0 Å². The highest BCUT2D eigenvalue weighted by Crippen LogP contribution is 2.48. The van der Waals surface area contributed by atoms with Gasteiger partial charge in [-0.05, 0) is 59.2 Å². The molecule has 0 spiro atoms. The second-order valence-electron chi connectivity index (χ2n) is 14.3. The van der Waals surface area contributed by atoms with Gasteiger partial charge in [-0.1, -0.05) is 114 Å². The molecule has 2 N–H and O–H groups in total. The SMILES string of the molecule is O=C(O)c1ccccc1-c1c2cc(Cl)c(=O)c(CN(Cc3ccccc3)Cc3ccccn3)c-2oc2c(CN(Cc3ccccc3)Cc3ccccn3)c(O)c(Cl)cc12. The molecule has 0 radical (unpaired) electrons. The van der Waals surface area contributed by atoms with Crippen LogP contribution in [0.5, 0.6) is 5.75 Å². The average molecular weight is 822 g/mol. The number of aromatic hydroxyl groups is 1. The van der Waals surface area contributed by atoms with Crippen LogP contribution < -0.4 is 5.43 Å². The molecule has 2 aliphatic rings. The number of carbonyl (C=O) groups is 1. The lowest BCUT2D eigenvalue weighted by Gasteiger charge is -2.26. The van der Waals surface area contributed by atoms with E-state index in [1.807, 2.05) is 97.1 Å². The highest BCUT2D eigenvalue weighted by molar-refractivity contribution is 6.33. The predicted octanol–water partition coefficient (Wildman–Crippen LogP) is 10.5. The predicted molar refractivity (Wildman–Crippen MR) is 230 cm³/mol. The fourth-order valence-corrected chi connectivity index (χ4v) is 8.02. The van der Waals surface area contributed by atoms with Gasteiger partial charge >= 0.3 is 5.97 Å². The van der Waals surface area contributed by atoms with Gasteiger partial charge in [-0.2, -0.15) is 0 Å². The largest absolute Gasteiger partial charge is 0.506 e. The van der Waals surface area contributed by atoms with E-state index in [2.05, 4.69) is 19.8 Å². The Hall–Kier alpha value is -6.36. The van der Waals surface area contributed by atoms with Crippen molar-refractivity contribution in [3.8, 4) is 28.2 Å². The highest BCUT2D eigenvalue weighted by Gasteiger charge is 2.30. The van der Waals surface area contributed by atoms with Crippen molar-refractivity contribution in [2.45, 2.75) is 39.3 Å². The van der Waals surface area contributed by atoms with E-state index in [-0.39, 0.29) is 51.4 Å². The van der Waals surface area contributed by atoms with E-state index in [0.717, 1.165) is 22.5 Å². The highest BCUT2D eigenvalue weighted by atomic mass is 35.5. The molecule has 4 aromatic carbocycles. The van der Waals surface area contributed by atoms with Gasteiger partial charge in [0, 0.05) is 68.2 Å². The second-order valence-corrected chi connectivity index (χ2v) is 15.2. The van der Waals surface area contributed by atoms with Crippen LogP contribution in [-0.2, 0) is 39.3 Å². The van der Waals surface area contributed by atoms with Gasteiger partial charge in [0.15, 0.2) is 0 Å². The molecule has 59 heavy (non-hydrogen) atoms. The number of nitrogens with zero attached hydrogens (tertiary/aromatic N) is 4. The number of benzene rings is 5. The molecule has 9 nitrogen and oxygen atoms in total. The molecular weight excluding hydrogens is 783 g/mol. The Morgan fingerprint density at radius 2 is 1.15 bits per heavy atom. The van der Waals surface area contributed by atoms with Crippen molar-refractivity contribution < 1.29 is 19.4 Å². The fourth-order valence-electron chi connectivity index (χ4n) is 7.57. The Balaban J connectivity index is 1.37. The van der Waals surface area contributed by atoms with Crippen LogP contribution in [0.1, 0.15) is 44.0 Å². The van der Waals surface area contributed by atoms with E-state index >= 15 is 0 Å². The van der Waals surface area contributed by atoms with Gasteiger partial charge in [0.05, 0.1) is 38.1 Å². The van der Waals surface area contributed by atoms with Gasteiger partial charge in [-0.25, -0.2) is 4.79 Å².